The average Bonchev–Trinajstić information content (AvgIpc) is 2.38. The molecule has 0 bridgehead atoms. The molecule has 0 saturated carbocycles. The number of nitrogens with one attached hydrogen (secondary N) is 1. The van der Waals surface area contributed by atoms with E-state index in [1.165, 1.54) is 6.07 Å². The van der Waals surface area contributed by atoms with Gasteiger partial charge in [-0.05, 0) is 25.3 Å². The number of halogens is 2. The topological polar surface area (TPSA) is 38.0 Å². The number of rotatable bonds is 8. The normalized spacial score (nSPS) is 12.4. The highest BCUT2D eigenvalue weighted by atomic mass is 19.2. The lowest BCUT2D eigenvalue weighted by atomic mass is 10.00. The van der Waals surface area contributed by atoms with Gasteiger partial charge >= 0.3 is 0 Å². The third-order valence-corrected chi connectivity index (χ3v) is 2.96. The van der Waals surface area contributed by atoms with Crippen LogP contribution in [0.2, 0.25) is 0 Å². The first-order valence-electron chi connectivity index (χ1n) is 6.21. The maximum Gasteiger partial charge on any atom is 0.163 e. The summed E-state index contributed by atoms with van der Waals surface area (Å²) in [6, 6.07) is 3.82. The summed E-state index contributed by atoms with van der Waals surface area (Å²) < 4.78 is 26.7. The van der Waals surface area contributed by atoms with Crippen molar-refractivity contribution in [3.05, 3.63) is 48.1 Å². The van der Waals surface area contributed by atoms with Crippen molar-refractivity contribution < 1.29 is 8.78 Å². The Morgan fingerprint density at radius 2 is 2.06 bits per heavy atom. The Kier molecular flexibility index (Phi) is 6.54. The van der Waals surface area contributed by atoms with Gasteiger partial charge < -0.3 is 0 Å². The zero-order valence-corrected chi connectivity index (χ0v) is 10.5. The van der Waals surface area contributed by atoms with E-state index in [-0.39, 0.29) is 6.04 Å². The largest absolute Gasteiger partial charge is 0.271 e. The molecule has 100 valence electrons. The van der Waals surface area contributed by atoms with Crippen molar-refractivity contribution in [3.63, 3.8) is 0 Å². The lowest BCUT2D eigenvalue weighted by Gasteiger charge is -2.17. The number of allylic oxidation sites excluding steroid dienone is 1. The van der Waals surface area contributed by atoms with Crippen LogP contribution in [0.1, 0.15) is 43.7 Å². The second-order valence-corrected chi connectivity index (χ2v) is 4.29. The summed E-state index contributed by atoms with van der Waals surface area (Å²) in [6.07, 6.45) is 6.56. The van der Waals surface area contributed by atoms with Gasteiger partial charge in [0.05, 0.1) is 0 Å². The molecule has 1 unspecified atom stereocenters. The van der Waals surface area contributed by atoms with Crippen LogP contribution < -0.4 is 11.3 Å². The highest BCUT2D eigenvalue weighted by molar-refractivity contribution is 5.22. The van der Waals surface area contributed by atoms with Crippen LogP contribution in [0, 0.1) is 11.6 Å². The summed E-state index contributed by atoms with van der Waals surface area (Å²) in [4.78, 5) is 0. The zero-order valence-electron chi connectivity index (χ0n) is 10.5. The van der Waals surface area contributed by atoms with Crippen molar-refractivity contribution in [1.82, 2.24) is 5.43 Å². The van der Waals surface area contributed by atoms with Crippen LogP contribution in [-0.2, 0) is 0 Å². The first-order chi connectivity index (χ1) is 8.70. The Balaban J connectivity index is 2.55. The van der Waals surface area contributed by atoms with Crippen LogP contribution >= 0.6 is 0 Å². The lowest BCUT2D eigenvalue weighted by Crippen LogP contribution is -2.28. The second kappa shape index (κ2) is 7.95. The van der Waals surface area contributed by atoms with Crippen LogP contribution in [0.4, 0.5) is 8.78 Å². The number of unbranched alkanes of at least 4 members (excludes halogenated alkanes) is 3. The van der Waals surface area contributed by atoms with Gasteiger partial charge in [0.15, 0.2) is 11.6 Å². The van der Waals surface area contributed by atoms with Gasteiger partial charge in [0.25, 0.3) is 0 Å². The SMILES string of the molecule is C=CCCCCCC(NN)c1cccc(F)c1F. The van der Waals surface area contributed by atoms with Gasteiger partial charge in [0.1, 0.15) is 0 Å². The lowest BCUT2D eigenvalue weighted by molar-refractivity contribution is 0.439. The fourth-order valence-electron chi connectivity index (χ4n) is 1.93. The third-order valence-electron chi connectivity index (χ3n) is 2.96. The number of hydrogen-bond acceptors (Lipinski definition) is 2. The van der Waals surface area contributed by atoms with E-state index in [0.717, 1.165) is 31.7 Å². The van der Waals surface area contributed by atoms with Crippen molar-refractivity contribution in [2.75, 3.05) is 0 Å². The first-order valence-corrected chi connectivity index (χ1v) is 6.21. The van der Waals surface area contributed by atoms with Crippen LogP contribution in [0.5, 0.6) is 0 Å². The zero-order chi connectivity index (χ0) is 13.4. The molecule has 0 aromatic heterocycles. The molecule has 0 saturated heterocycles. The molecule has 1 atom stereocenters. The van der Waals surface area contributed by atoms with Crippen molar-refractivity contribution in [2.45, 2.75) is 38.1 Å². The summed E-state index contributed by atoms with van der Waals surface area (Å²) in [6.45, 7) is 3.65. The van der Waals surface area contributed by atoms with Gasteiger partial charge in [-0.2, -0.15) is 0 Å². The minimum absolute atomic E-state index is 0.293. The van der Waals surface area contributed by atoms with Gasteiger partial charge in [-0.25, -0.2) is 8.78 Å². The molecule has 0 aliphatic carbocycles. The van der Waals surface area contributed by atoms with Gasteiger partial charge in [0, 0.05) is 11.6 Å². The molecule has 0 radical (unpaired) electrons. The van der Waals surface area contributed by atoms with Crippen molar-refractivity contribution >= 4 is 0 Å². The van der Waals surface area contributed by atoms with Crippen LogP contribution in [-0.4, -0.2) is 0 Å². The second-order valence-electron chi connectivity index (χ2n) is 4.29. The minimum atomic E-state index is -0.834. The number of nitrogens with two attached hydrogens (primary N) is 1. The quantitative estimate of drug-likeness (QED) is 0.322. The number of benzene rings is 1. The van der Waals surface area contributed by atoms with E-state index < -0.39 is 11.6 Å². The molecule has 3 N–H and O–H groups in total. The summed E-state index contributed by atoms with van der Waals surface area (Å²) in [5, 5.41) is 0. The van der Waals surface area contributed by atoms with Crippen LogP contribution in [0.15, 0.2) is 30.9 Å². The van der Waals surface area contributed by atoms with Crippen molar-refractivity contribution in [3.8, 4) is 0 Å². The number of hydrogen-bond donors (Lipinski definition) is 2. The summed E-state index contributed by atoms with van der Waals surface area (Å²) >= 11 is 0. The molecule has 18 heavy (non-hydrogen) atoms. The third kappa shape index (κ3) is 4.20. The van der Waals surface area contributed by atoms with Crippen molar-refractivity contribution in [2.24, 2.45) is 5.84 Å². The molecule has 2 nitrogen and oxygen atoms in total. The summed E-state index contributed by atoms with van der Waals surface area (Å²) in [5.41, 5.74) is 2.84. The predicted octanol–water partition coefficient (Wildman–Crippen LogP) is 3.61. The van der Waals surface area contributed by atoms with Gasteiger partial charge in [-0.1, -0.05) is 31.1 Å². The molecule has 0 amide bonds. The van der Waals surface area contributed by atoms with E-state index in [1.54, 1.807) is 6.07 Å². The highest BCUT2D eigenvalue weighted by Gasteiger charge is 2.16. The van der Waals surface area contributed by atoms with Crippen LogP contribution in [0.3, 0.4) is 0 Å². The predicted molar refractivity (Wildman–Crippen MR) is 69.7 cm³/mol. The molecular formula is C14H20F2N2. The van der Waals surface area contributed by atoms with E-state index >= 15 is 0 Å². The van der Waals surface area contributed by atoms with Gasteiger partial charge in [-0.3, -0.25) is 11.3 Å². The molecule has 1 aromatic carbocycles. The molecule has 0 spiro atoms. The monoisotopic (exact) mass is 254 g/mol. The Morgan fingerprint density at radius 1 is 1.28 bits per heavy atom. The summed E-state index contributed by atoms with van der Waals surface area (Å²) in [5.74, 6) is 3.76. The highest BCUT2D eigenvalue weighted by Crippen LogP contribution is 2.23. The van der Waals surface area contributed by atoms with E-state index in [9.17, 15) is 8.78 Å². The van der Waals surface area contributed by atoms with E-state index in [4.69, 9.17) is 5.84 Å². The minimum Gasteiger partial charge on any atom is -0.271 e. The summed E-state index contributed by atoms with van der Waals surface area (Å²) in [7, 11) is 0. The van der Waals surface area contributed by atoms with Crippen molar-refractivity contribution in [1.29, 1.82) is 0 Å². The van der Waals surface area contributed by atoms with E-state index in [1.807, 2.05) is 6.08 Å². The molecule has 0 aliphatic heterocycles. The fraction of sp³-hybridized carbons (Fsp3) is 0.429. The maximum absolute atomic E-state index is 13.6. The first kappa shape index (κ1) is 14.8. The smallest absolute Gasteiger partial charge is 0.163 e. The molecular weight excluding hydrogens is 234 g/mol. The molecule has 1 aromatic rings. The Morgan fingerprint density at radius 3 is 2.72 bits per heavy atom. The average molecular weight is 254 g/mol. The standard InChI is InChI=1S/C14H20F2N2/c1-2-3-4-5-6-10-13(18-17)11-8-7-9-12(15)14(11)16/h2,7-9,13,18H,1,3-6,10,17H2. The molecule has 1 rings (SSSR count). The molecule has 4 heteroatoms. The van der Waals surface area contributed by atoms with Gasteiger partial charge in [0.2, 0.25) is 0 Å². The maximum atomic E-state index is 13.6. The number of hydrazine groups is 1. The van der Waals surface area contributed by atoms with E-state index in [0.29, 0.717) is 12.0 Å². The van der Waals surface area contributed by atoms with Gasteiger partial charge in [-0.15, -0.1) is 6.58 Å². The molecule has 0 aliphatic rings. The Hall–Kier alpha value is -1.26. The van der Waals surface area contributed by atoms with Crippen LogP contribution in [0.25, 0.3) is 0 Å². The Labute approximate surface area is 107 Å². The van der Waals surface area contributed by atoms with E-state index in [2.05, 4.69) is 12.0 Å². The Bertz CT molecular complexity index is 380. The molecule has 0 heterocycles. The fourth-order valence-corrected chi connectivity index (χ4v) is 1.93. The molecule has 0 fully saturated rings.